The first-order valence-electron chi connectivity index (χ1n) is 5.35. The number of hydrogen-bond donors (Lipinski definition) is 2. The smallest absolute Gasteiger partial charge is 0.492 e. The molecule has 0 atom stereocenters. The minimum atomic E-state index is -1.51. The number of halogens is 1. The fourth-order valence-corrected chi connectivity index (χ4v) is 2.12. The van der Waals surface area contributed by atoms with Crippen molar-refractivity contribution in [3.8, 4) is 5.75 Å². The molecule has 0 aliphatic heterocycles. The van der Waals surface area contributed by atoms with Crippen LogP contribution in [0.4, 0.5) is 0 Å². The van der Waals surface area contributed by atoms with Gasteiger partial charge in [0.15, 0.2) is 0 Å². The van der Waals surface area contributed by atoms with E-state index in [0.29, 0.717) is 17.8 Å². The molecule has 0 saturated heterocycles. The standard InChI is InChI=1S/C11H16BBrO3/c1-3-4-5-16-11-9(12(14)15)6-8(2)7-10(11)13/h6-7,14-15H,3-5H2,1-2H3. The van der Waals surface area contributed by atoms with E-state index in [-0.39, 0.29) is 0 Å². The number of aryl methyl sites for hydroxylation is 1. The van der Waals surface area contributed by atoms with Crippen LogP contribution in [-0.2, 0) is 0 Å². The summed E-state index contributed by atoms with van der Waals surface area (Å²) < 4.78 is 6.31. The van der Waals surface area contributed by atoms with E-state index in [2.05, 4.69) is 22.9 Å². The molecule has 0 aromatic heterocycles. The highest BCUT2D eigenvalue weighted by Gasteiger charge is 2.20. The fourth-order valence-electron chi connectivity index (χ4n) is 1.42. The lowest BCUT2D eigenvalue weighted by Crippen LogP contribution is -2.32. The second kappa shape index (κ2) is 6.28. The lowest BCUT2D eigenvalue weighted by molar-refractivity contribution is 0.308. The second-order valence-corrected chi connectivity index (χ2v) is 4.60. The molecule has 1 rings (SSSR count). The number of ether oxygens (including phenoxy) is 1. The molecule has 16 heavy (non-hydrogen) atoms. The predicted molar refractivity (Wildman–Crippen MR) is 69.1 cm³/mol. The molecule has 0 radical (unpaired) electrons. The van der Waals surface area contributed by atoms with Gasteiger partial charge in [0, 0.05) is 5.46 Å². The minimum Gasteiger partial charge on any atom is -0.493 e. The summed E-state index contributed by atoms with van der Waals surface area (Å²) in [5.41, 5.74) is 1.36. The molecule has 0 heterocycles. The third-order valence-electron chi connectivity index (χ3n) is 2.24. The molecule has 0 aliphatic carbocycles. The Morgan fingerprint density at radius 3 is 2.62 bits per heavy atom. The molecule has 0 amide bonds. The van der Waals surface area contributed by atoms with Crippen molar-refractivity contribution in [2.75, 3.05) is 6.61 Å². The van der Waals surface area contributed by atoms with Gasteiger partial charge >= 0.3 is 7.12 Å². The Kier molecular flexibility index (Phi) is 5.32. The van der Waals surface area contributed by atoms with Gasteiger partial charge in [-0.3, -0.25) is 0 Å². The summed E-state index contributed by atoms with van der Waals surface area (Å²) in [6.07, 6.45) is 1.99. The Morgan fingerprint density at radius 1 is 1.38 bits per heavy atom. The summed E-state index contributed by atoms with van der Waals surface area (Å²) in [5, 5.41) is 18.5. The maximum atomic E-state index is 9.26. The van der Waals surface area contributed by atoms with Crippen molar-refractivity contribution in [1.29, 1.82) is 0 Å². The maximum absolute atomic E-state index is 9.26. The number of hydrogen-bond acceptors (Lipinski definition) is 3. The maximum Gasteiger partial charge on any atom is 0.492 e. The molecule has 1 aromatic rings. The highest BCUT2D eigenvalue weighted by Crippen LogP contribution is 2.24. The van der Waals surface area contributed by atoms with Crippen LogP contribution in [0, 0.1) is 6.92 Å². The third-order valence-corrected chi connectivity index (χ3v) is 2.83. The van der Waals surface area contributed by atoms with E-state index in [9.17, 15) is 10.0 Å². The quantitative estimate of drug-likeness (QED) is 0.639. The molecular weight excluding hydrogens is 271 g/mol. The largest absolute Gasteiger partial charge is 0.493 e. The van der Waals surface area contributed by atoms with E-state index in [1.807, 2.05) is 13.0 Å². The molecular formula is C11H16BBrO3. The molecule has 3 nitrogen and oxygen atoms in total. The normalized spacial score (nSPS) is 10.3. The van der Waals surface area contributed by atoms with Crippen molar-refractivity contribution in [3.63, 3.8) is 0 Å². The molecule has 0 spiro atoms. The molecule has 0 unspecified atom stereocenters. The average Bonchev–Trinajstić information content (AvgIpc) is 2.20. The molecule has 2 N–H and O–H groups in total. The molecule has 0 aliphatic rings. The van der Waals surface area contributed by atoms with Crippen LogP contribution >= 0.6 is 15.9 Å². The van der Waals surface area contributed by atoms with E-state index >= 15 is 0 Å². The van der Waals surface area contributed by atoms with Gasteiger partial charge in [0.25, 0.3) is 0 Å². The fraction of sp³-hybridized carbons (Fsp3) is 0.455. The highest BCUT2D eigenvalue weighted by atomic mass is 79.9. The number of unbranched alkanes of at least 4 members (excludes halogenated alkanes) is 1. The Labute approximate surface area is 105 Å². The third kappa shape index (κ3) is 3.51. The lowest BCUT2D eigenvalue weighted by atomic mass is 9.79. The van der Waals surface area contributed by atoms with Gasteiger partial charge in [-0.2, -0.15) is 0 Å². The minimum absolute atomic E-state index is 0.406. The summed E-state index contributed by atoms with van der Waals surface area (Å²) >= 11 is 3.37. The SMILES string of the molecule is CCCCOc1c(Br)cc(C)cc1B(O)O. The zero-order valence-corrected chi connectivity index (χ0v) is 11.1. The number of benzene rings is 1. The van der Waals surface area contributed by atoms with Gasteiger partial charge in [-0.05, 0) is 35.3 Å². The van der Waals surface area contributed by atoms with Gasteiger partial charge in [-0.25, -0.2) is 0 Å². The Hall–Kier alpha value is -0.515. The van der Waals surface area contributed by atoms with Crippen LogP contribution < -0.4 is 10.2 Å². The van der Waals surface area contributed by atoms with E-state index in [4.69, 9.17) is 4.74 Å². The van der Waals surface area contributed by atoms with Crippen LogP contribution in [0.2, 0.25) is 0 Å². The molecule has 0 fully saturated rings. The van der Waals surface area contributed by atoms with Gasteiger partial charge in [0.05, 0.1) is 11.1 Å². The van der Waals surface area contributed by atoms with Crippen molar-refractivity contribution in [2.24, 2.45) is 0 Å². The summed E-state index contributed by atoms with van der Waals surface area (Å²) in [5.74, 6) is 0.522. The van der Waals surface area contributed by atoms with Crippen molar-refractivity contribution in [3.05, 3.63) is 22.2 Å². The van der Waals surface area contributed by atoms with Crippen LogP contribution in [0.1, 0.15) is 25.3 Å². The van der Waals surface area contributed by atoms with Gasteiger partial charge < -0.3 is 14.8 Å². The van der Waals surface area contributed by atoms with E-state index < -0.39 is 7.12 Å². The van der Waals surface area contributed by atoms with E-state index in [0.717, 1.165) is 22.9 Å². The zero-order chi connectivity index (χ0) is 12.1. The molecule has 1 aromatic carbocycles. The first-order chi connectivity index (χ1) is 7.56. The van der Waals surface area contributed by atoms with E-state index in [1.165, 1.54) is 0 Å². The first-order valence-corrected chi connectivity index (χ1v) is 6.14. The highest BCUT2D eigenvalue weighted by molar-refractivity contribution is 9.10. The zero-order valence-electron chi connectivity index (χ0n) is 9.53. The molecule has 0 bridgehead atoms. The van der Waals surface area contributed by atoms with Crippen LogP contribution in [0.3, 0.4) is 0 Å². The molecule has 0 saturated carbocycles. The second-order valence-electron chi connectivity index (χ2n) is 3.74. The summed E-state index contributed by atoms with van der Waals surface area (Å²) in [7, 11) is -1.51. The Balaban J connectivity index is 2.95. The predicted octanol–water partition coefficient (Wildman–Crippen LogP) is 1.62. The molecule has 88 valence electrons. The van der Waals surface area contributed by atoms with Crippen LogP contribution in [0.15, 0.2) is 16.6 Å². The van der Waals surface area contributed by atoms with Crippen LogP contribution in [0.25, 0.3) is 0 Å². The van der Waals surface area contributed by atoms with Gasteiger partial charge in [0.1, 0.15) is 5.75 Å². The summed E-state index contributed by atoms with van der Waals surface area (Å²) in [6, 6.07) is 3.61. The van der Waals surface area contributed by atoms with Crippen molar-refractivity contribution >= 4 is 28.5 Å². The molecule has 5 heteroatoms. The topological polar surface area (TPSA) is 49.7 Å². The van der Waals surface area contributed by atoms with Crippen molar-refractivity contribution in [1.82, 2.24) is 0 Å². The first kappa shape index (κ1) is 13.5. The van der Waals surface area contributed by atoms with E-state index in [1.54, 1.807) is 6.07 Å². The lowest BCUT2D eigenvalue weighted by Gasteiger charge is -2.13. The van der Waals surface area contributed by atoms with Gasteiger partial charge in [-0.15, -0.1) is 0 Å². The monoisotopic (exact) mass is 286 g/mol. The van der Waals surface area contributed by atoms with Gasteiger partial charge in [-0.1, -0.05) is 25.0 Å². The van der Waals surface area contributed by atoms with Crippen LogP contribution in [0.5, 0.6) is 5.75 Å². The van der Waals surface area contributed by atoms with Crippen LogP contribution in [-0.4, -0.2) is 23.8 Å². The summed E-state index contributed by atoms with van der Waals surface area (Å²) in [4.78, 5) is 0. The number of rotatable bonds is 5. The Bertz CT molecular complexity index is 355. The van der Waals surface area contributed by atoms with Gasteiger partial charge in [0.2, 0.25) is 0 Å². The van der Waals surface area contributed by atoms with Crippen molar-refractivity contribution in [2.45, 2.75) is 26.7 Å². The average molecular weight is 287 g/mol. The van der Waals surface area contributed by atoms with Crippen molar-refractivity contribution < 1.29 is 14.8 Å². The summed E-state index contributed by atoms with van der Waals surface area (Å²) in [6.45, 7) is 4.56. The Morgan fingerprint density at radius 2 is 2.06 bits per heavy atom.